The van der Waals surface area contributed by atoms with Crippen molar-refractivity contribution >= 4 is 46.8 Å². The maximum atomic E-state index is 4.07. The van der Waals surface area contributed by atoms with Gasteiger partial charge >= 0.3 is 0 Å². The molecule has 0 saturated heterocycles. The van der Waals surface area contributed by atoms with Crippen molar-refractivity contribution in [3.63, 3.8) is 0 Å². The van der Waals surface area contributed by atoms with Crippen molar-refractivity contribution in [2.45, 2.75) is 146 Å². The van der Waals surface area contributed by atoms with E-state index in [0.29, 0.717) is 35.5 Å². The Hall–Kier alpha value is -4.96. The van der Waals surface area contributed by atoms with E-state index in [1.165, 1.54) is 89.8 Å². The van der Waals surface area contributed by atoms with Crippen molar-refractivity contribution < 1.29 is 9.15 Å². The summed E-state index contributed by atoms with van der Waals surface area (Å²) in [6.45, 7) is 33.8. The summed E-state index contributed by atoms with van der Waals surface area (Å²) in [6.07, 6.45) is 8.13. The molecule has 2 heterocycles. The normalized spacial score (nSPS) is 14.3. The molecular formula is C54H66N4. The van der Waals surface area contributed by atoms with Gasteiger partial charge in [0, 0.05) is 0 Å². The second-order valence-electron chi connectivity index (χ2n) is 18.7. The monoisotopic (exact) mass is 771 g/mol. The van der Waals surface area contributed by atoms with Crippen LogP contribution in [0.25, 0.3) is 0 Å². The summed E-state index contributed by atoms with van der Waals surface area (Å²) in [5.41, 5.74) is 20.6. The lowest BCUT2D eigenvalue weighted by molar-refractivity contribution is -0.457. The first-order chi connectivity index (χ1) is 27.6. The van der Waals surface area contributed by atoms with Gasteiger partial charge in [-0.2, -0.15) is 0 Å². The summed E-state index contributed by atoms with van der Waals surface area (Å²) >= 11 is 0. The maximum absolute atomic E-state index is 4.07. The molecule has 0 radical (unpaired) electrons. The Labute approximate surface area is 350 Å². The van der Waals surface area contributed by atoms with E-state index in [9.17, 15) is 0 Å². The minimum Gasteiger partial charge on any atom is -0.314 e. The average molecular weight is 771 g/mol. The molecule has 58 heavy (non-hydrogen) atoms. The van der Waals surface area contributed by atoms with Crippen molar-refractivity contribution in [2.24, 2.45) is 0 Å². The van der Waals surface area contributed by atoms with Crippen LogP contribution in [0, 0.1) is 13.8 Å². The van der Waals surface area contributed by atoms with Gasteiger partial charge in [-0.3, -0.25) is 0 Å². The van der Waals surface area contributed by atoms with Crippen LogP contribution in [-0.4, -0.2) is 21.8 Å². The minimum atomic E-state index is 0.343. The van der Waals surface area contributed by atoms with E-state index in [1.54, 1.807) is 0 Å². The Bertz CT molecular complexity index is 2180. The lowest BCUT2D eigenvalue weighted by Gasteiger charge is -2.38. The van der Waals surface area contributed by atoms with E-state index < -0.39 is 0 Å². The molecule has 0 N–H and O–H groups in total. The van der Waals surface area contributed by atoms with Crippen LogP contribution in [0.2, 0.25) is 0 Å². The second kappa shape index (κ2) is 16.4. The SMILES string of the molecule is Cc1cccc(C(C)C)c1N1[C-]=[N+](c2c(C(C)C)cccc2C(C)C)Cc2cc3c(cc21)C[N+](c1c(C(C)C)cccc1C(C)C)=[C-]N3c1c(C)cccc1C(C)C. The van der Waals surface area contributed by atoms with Crippen LogP contribution in [0.1, 0.15) is 174 Å². The zero-order valence-electron chi connectivity index (χ0n) is 37.8. The standard InChI is InChI=1S/C54H66N4/c1-33(2)43-21-15-19-39(13)51(43)57-31-55(53-45(35(5)6)23-17-24-46(53)36(7)8)29-41-28-50-42(27-49(41)57)30-56(54-47(37(9)10)25-18-26-48(54)38(11)12)32-58(50)52-40(14)20-16-22-44(52)34(3)4/h15-28,33-38H,29-30H2,1-14H3. The maximum Gasteiger partial charge on any atom is 0.245 e. The summed E-state index contributed by atoms with van der Waals surface area (Å²) in [4.78, 5) is 4.83. The van der Waals surface area contributed by atoms with Crippen LogP contribution in [0.3, 0.4) is 0 Å². The molecule has 4 heteroatoms. The predicted molar refractivity (Wildman–Crippen MR) is 248 cm³/mol. The Morgan fingerprint density at radius 1 is 0.414 bits per heavy atom. The quantitative estimate of drug-likeness (QED) is 0.104. The molecule has 0 unspecified atom stereocenters. The highest BCUT2D eigenvalue weighted by molar-refractivity contribution is 5.97. The highest BCUT2D eigenvalue weighted by Crippen LogP contribution is 2.47. The van der Waals surface area contributed by atoms with E-state index in [-0.39, 0.29) is 0 Å². The molecular weight excluding hydrogens is 705 g/mol. The van der Waals surface area contributed by atoms with Crippen molar-refractivity contribution in [2.75, 3.05) is 9.80 Å². The Kier molecular flexibility index (Phi) is 11.6. The van der Waals surface area contributed by atoms with Gasteiger partial charge in [-0.1, -0.05) is 168 Å². The molecule has 7 rings (SSSR count). The van der Waals surface area contributed by atoms with Gasteiger partial charge in [0.05, 0.1) is 47.2 Å². The van der Waals surface area contributed by atoms with Crippen LogP contribution < -0.4 is 9.80 Å². The number of fused-ring (bicyclic) bond motifs is 2. The summed E-state index contributed by atoms with van der Waals surface area (Å²) < 4.78 is 4.87. The van der Waals surface area contributed by atoms with Crippen LogP contribution in [0.5, 0.6) is 0 Å². The van der Waals surface area contributed by atoms with Crippen LogP contribution in [0.4, 0.5) is 34.1 Å². The van der Waals surface area contributed by atoms with E-state index >= 15 is 0 Å². The minimum absolute atomic E-state index is 0.343. The molecule has 0 aromatic heterocycles. The smallest absolute Gasteiger partial charge is 0.245 e. The Morgan fingerprint density at radius 2 is 0.690 bits per heavy atom. The first kappa shape index (κ1) is 41.2. The number of para-hydroxylation sites is 4. The van der Waals surface area contributed by atoms with Crippen LogP contribution in [-0.2, 0) is 13.1 Å². The van der Waals surface area contributed by atoms with Gasteiger partial charge in [0.15, 0.2) is 0 Å². The number of hydrogen-bond acceptors (Lipinski definition) is 2. The van der Waals surface area contributed by atoms with Crippen LogP contribution in [0.15, 0.2) is 84.9 Å². The second-order valence-corrected chi connectivity index (χ2v) is 18.7. The van der Waals surface area contributed by atoms with Gasteiger partial charge < -0.3 is 19.0 Å². The molecule has 0 amide bonds. The molecule has 0 spiro atoms. The number of aryl methyl sites for hydroxylation is 2. The Balaban J connectivity index is 1.55. The van der Waals surface area contributed by atoms with Gasteiger partial charge in [-0.15, -0.1) is 0 Å². The third-order valence-electron chi connectivity index (χ3n) is 12.3. The number of benzene rings is 5. The molecule has 0 aliphatic carbocycles. The molecule has 4 nitrogen and oxygen atoms in total. The van der Waals surface area contributed by atoms with Crippen LogP contribution >= 0.6 is 0 Å². The first-order valence-corrected chi connectivity index (χ1v) is 21.9. The lowest BCUT2D eigenvalue weighted by atomic mass is 9.90. The molecule has 0 atom stereocenters. The topological polar surface area (TPSA) is 12.5 Å². The zero-order chi connectivity index (χ0) is 41.7. The molecule has 0 fully saturated rings. The number of nitrogens with zero attached hydrogens (tertiary/aromatic N) is 4. The molecule has 5 aromatic rings. The highest BCUT2D eigenvalue weighted by atomic mass is 15.3. The highest BCUT2D eigenvalue weighted by Gasteiger charge is 2.32. The summed E-state index contributed by atoms with van der Waals surface area (Å²) in [7, 11) is 0. The third-order valence-corrected chi connectivity index (χ3v) is 12.3. The van der Waals surface area contributed by atoms with E-state index in [2.05, 4.69) is 213 Å². The number of rotatable bonds is 10. The van der Waals surface area contributed by atoms with E-state index in [4.69, 9.17) is 0 Å². The fourth-order valence-corrected chi connectivity index (χ4v) is 9.25. The fraction of sp³-hybridized carbons (Fsp3) is 0.407. The summed E-state index contributed by atoms with van der Waals surface area (Å²) in [6, 6.07) is 32.3. The molecule has 0 saturated carbocycles. The molecule has 302 valence electrons. The Morgan fingerprint density at radius 3 is 0.983 bits per heavy atom. The van der Waals surface area contributed by atoms with Crippen molar-refractivity contribution in [3.05, 3.63) is 141 Å². The van der Waals surface area contributed by atoms with Gasteiger partial charge in [-0.05, 0) is 105 Å². The third kappa shape index (κ3) is 7.44. The number of anilines is 4. The van der Waals surface area contributed by atoms with E-state index in [1.807, 2.05) is 0 Å². The fourth-order valence-electron chi connectivity index (χ4n) is 9.25. The van der Waals surface area contributed by atoms with Crippen molar-refractivity contribution in [3.8, 4) is 0 Å². The zero-order valence-corrected chi connectivity index (χ0v) is 37.8. The summed E-state index contributed by atoms with van der Waals surface area (Å²) in [5, 5.41) is 0. The first-order valence-electron chi connectivity index (χ1n) is 21.9. The van der Waals surface area contributed by atoms with Gasteiger partial charge in [-0.25, -0.2) is 0 Å². The predicted octanol–water partition coefficient (Wildman–Crippen LogP) is 14.8. The number of hydrogen-bond donors (Lipinski definition) is 0. The molecule has 2 aliphatic heterocycles. The molecule has 5 aromatic carbocycles. The van der Waals surface area contributed by atoms with Crippen molar-refractivity contribution in [1.82, 2.24) is 0 Å². The average Bonchev–Trinajstić information content (AvgIpc) is 3.18. The van der Waals surface area contributed by atoms with Crippen molar-refractivity contribution in [1.29, 1.82) is 0 Å². The summed E-state index contributed by atoms with van der Waals surface area (Å²) in [5.74, 6) is 2.15. The van der Waals surface area contributed by atoms with E-state index in [0.717, 1.165) is 13.1 Å². The van der Waals surface area contributed by atoms with Gasteiger partial charge in [0.2, 0.25) is 12.7 Å². The van der Waals surface area contributed by atoms with Gasteiger partial charge in [0.25, 0.3) is 0 Å². The molecule has 0 bridgehead atoms. The lowest BCUT2D eigenvalue weighted by Crippen LogP contribution is -2.34. The van der Waals surface area contributed by atoms with Gasteiger partial charge in [0.1, 0.15) is 0 Å². The largest absolute Gasteiger partial charge is 0.314 e. The molecule has 2 aliphatic rings.